The molecule has 3 aromatic rings. The third kappa shape index (κ3) is 6.31. The van der Waals surface area contributed by atoms with Gasteiger partial charge in [0.05, 0.1) is 17.9 Å². The number of pyridine rings is 1. The van der Waals surface area contributed by atoms with Crippen LogP contribution in [-0.4, -0.2) is 90.7 Å². The summed E-state index contributed by atoms with van der Waals surface area (Å²) >= 11 is 2.22. The number of anilines is 1. The van der Waals surface area contributed by atoms with Gasteiger partial charge >= 0.3 is 5.65 Å². The summed E-state index contributed by atoms with van der Waals surface area (Å²) in [6, 6.07) is 2.83. The van der Waals surface area contributed by atoms with Gasteiger partial charge in [0, 0.05) is 42.5 Å². The average molecular weight is 630 g/mol. The maximum atomic E-state index is 13.2. The molecule has 6 N–H and O–H groups in total. The molecular formula is C25H31N11O5S2. The third-order valence-corrected chi connectivity index (χ3v) is 8.65. The summed E-state index contributed by atoms with van der Waals surface area (Å²) in [5, 5.41) is 21.5. The van der Waals surface area contributed by atoms with Crippen LogP contribution >= 0.6 is 23.3 Å². The molecule has 2 aliphatic heterocycles. The number of nitrogens with one attached hydrogen (secondary N) is 2. The van der Waals surface area contributed by atoms with E-state index in [0.717, 1.165) is 48.0 Å². The molecule has 3 aromatic heterocycles. The van der Waals surface area contributed by atoms with Crippen LogP contribution in [0.4, 0.5) is 5.13 Å². The number of thioether (sulfide) groups is 1. The summed E-state index contributed by atoms with van der Waals surface area (Å²) in [5.41, 5.74) is 12.8. The van der Waals surface area contributed by atoms with Crippen molar-refractivity contribution < 1.29 is 28.9 Å². The van der Waals surface area contributed by atoms with Crippen molar-refractivity contribution in [2.75, 3.05) is 37.7 Å². The Bertz CT molecular complexity index is 1590. The fourth-order valence-corrected chi connectivity index (χ4v) is 6.61. The second kappa shape index (κ2) is 13.4. The second-order valence-corrected chi connectivity index (χ2v) is 11.5. The highest BCUT2D eigenvalue weighted by atomic mass is 32.2. The number of nitrogens with two attached hydrogens (primary N) is 2. The number of hydrogen-bond donors (Lipinski definition) is 4. The molecule has 1 saturated heterocycles. The van der Waals surface area contributed by atoms with Gasteiger partial charge in [-0.15, -0.1) is 11.8 Å². The van der Waals surface area contributed by atoms with E-state index in [1.807, 2.05) is 27.5 Å². The Morgan fingerprint density at radius 1 is 1.35 bits per heavy atom. The molecule has 18 heteroatoms. The molecule has 0 aliphatic carbocycles. The van der Waals surface area contributed by atoms with E-state index in [9.17, 15) is 19.5 Å². The van der Waals surface area contributed by atoms with E-state index < -0.39 is 29.2 Å². The Kier molecular flexibility index (Phi) is 9.49. The van der Waals surface area contributed by atoms with Crippen molar-refractivity contribution in [2.24, 2.45) is 10.9 Å². The monoisotopic (exact) mass is 629 g/mol. The minimum absolute atomic E-state index is 0.0390. The molecule has 0 bridgehead atoms. The first kappa shape index (κ1) is 30.3. The molecule has 2 atom stereocenters. The van der Waals surface area contributed by atoms with Crippen LogP contribution in [0, 0.1) is 0 Å². The number of β-lactam (4-membered cyclic amide) rings is 1. The lowest BCUT2D eigenvalue weighted by Gasteiger charge is -2.50. The van der Waals surface area contributed by atoms with Gasteiger partial charge in [-0.05, 0) is 37.0 Å². The maximum absolute atomic E-state index is 13.2. The van der Waals surface area contributed by atoms with Crippen LogP contribution in [0.2, 0.25) is 0 Å². The number of aryl methyl sites for hydroxylation is 1. The standard InChI is InChI=1S/C25H31N11O5S2/c1-2-41-32-16(19-31-25(27)43-33-19)21(37)30-17-22(38)36-18(24(39)40)14(12-42-23(17)36)11-34-9-3-5-15-20(34)29-13-35(15)10-4-7-28-8-6-26/h3,5,9,13,17,23,28H,2,4,6-8,10-12,26H2,1H3,(H3-,27,30,31,33,37,39,40)/b32-16-. The number of rotatable bonds is 14. The molecule has 2 amide bonds. The van der Waals surface area contributed by atoms with Gasteiger partial charge in [-0.3, -0.25) is 14.5 Å². The quantitative estimate of drug-likeness (QED) is 0.0479. The van der Waals surface area contributed by atoms with Crippen LogP contribution in [0.1, 0.15) is 19.2 Å². The van der Waals surface area contributed by atoms with Crippen LogP contribution in [0.5, 0.6) is 0 Å². The minimum Gasteiger partial charge on any atom is -0.543 e. The number of aromatic nitrogens is 5. The highest BCUT2D eigenvalue weighted by Gasteiger charge is 2.53. The Labute approximate surface area is 254 Å². The number of carboxylic acid groups (broad SMARTS) is 1. The van der Waals surface area contributed by atoms with Gasteiger partial charge in [-0.1, -0.05) is 5.16 Å². The lowest BCUT2D eigenvalue weighted by molar-refractivity contribution is -0.664. The molecule has 5 rings (SSSR count). The predicted molar refractivity (Wildman–Crippen MR) is 156 cm³/mol. The van der Waals surface area contributed by atoms with Gasteiger partial charge in [-0.25, -0.2) is 4.57 Å². The number of carboxylic acids is 1. The summed E-state index contributed by atoms with van der Waals surface area (Å²) in [4.78, 5) is 53.3. The number of nitrogen functional groups attached to an aromatic ring is 1. The topological polar surface area (TPSA) is 223 Å². The molecule has 0 saturated carbocycles. The van der Waals surface area contributed by atoms with Crippen molar-refractivity contribution >= 4 is 63.1 Å². The largest absolute Gasteiger partial charge is 0.543 e. The van der Waals surface area contributed by atoms with Crippen molar-refractivity contribution in [2.45, 2.75) is 37.8 Å². The summed E-state index contributed by atoms with van der Waals surface area (Å²) in [5.74, 6) is -2.54. The number of hydrogen-bond acceptors (Lipinski definition) is 14. The molecule has 2 aliphatic rings. The summed E-state index contributed by atoms with van der Waals surface area (Å²) in [6.07, 6.45) is 4.47. The number of carbonyl (C=O) groups excluding carboxylic acids is 3. The number of amides is 2. The summed E-state index contributed by atoms with van der Waals surface area (Å²) in [6.45, 7) is 4.99. The van der Waals surface area contributed by atoms with Crippen LogP contribution < -0.4 is 31.8 Å². The zero-order chi connectivity index (χ0) is 30.5. The van der Waals surface area contributed by atoms with Gasteiger partial charge in [-0.2, -0.15) is 9.36 Å². The number of oxime groups is 1. The van der Waals surface area contributed by atoms with Crippen LogP contribution in [-0.2, 0) is 32.3 Å². The van der Waals surface area contributed by atoms with Crippen LogP contribution in [0.15, 0.2) is 41.1 Å². The Balaban J connectivity index is 1.32. The second-order valence-electron chi connectivity index (χ2n) is 9.59. The van der Waals surface area contributed by atoms with Crippen molar-refractivity contribution in [1.82, 2.24) is 34.4 Å². The van der Waals surface area contributed by atoms with E-state index in [-0.39, 0.29) is 35.5 Å². The Morgan fingerprint density at radius 3 is 2.91 bits per heavy atom. The zero-order valence-electron chi connectivity index (χ0n) is 23.3. The molecule has 1 fully saturated rings. The molecule has 0 spiro atoms. The summed E-state index contributed by atoms with van der Waals surface area (Å²) in [7, 11) is 0. The van der Waals surface area contributed by atoms with E-state index in [2.05, 4.69) is 30.1 Å². The first-order chi connectivity index (χ1) is 20.8. The Morgan fingerprint density at radius 2 is 2.19 bits per heavy atom. The lowest BCUT2D eigenvalue weighted by atomic mass is 10.0. The fraction of sp³-hybridized carbons (Fsp3) is 0.440. The van der Waals surface area contributed by atoms with Gasteiger partial charge in [0.1, 0.15) is 30.1 Å². The smallest absolute Gasteiger partial charge is 0.349 e. The Hall–Kier alpha value is -4.13. The number of carbonyl (C=O) groups is 3. The van der Waals surface area contributed by atoms with Crippen molar-refractivity contribution in [3.8, 4) is 0 Å². The average Bonchev–Trinajstić information content (AvgIpc) is 3.62. The highest BCUT2D eigenvalue weighted by molar-refractivity contribution is 8.00. The molecule has 0 radical (unpaired) electrons. The maximum Gasteiger partial charge on any atom is 0.349 e. The number of nitrogens with zero attached hydrogens (tertiary/aromatic N) is 7. The van der Waals surface area contributed by atoms with Crippen LogP contribution in [0.3, 0.4) is 0 Å². The molecule has 228 valence electrons. The SMILES string of the molecule is CCO/N=C(\C(=O)NC1C(=O)N2C(C(=O)[O-])=C(C[n+]3cccc4c3ncn4CCCNCCN)CSC12)c1nsc(N)n1. The van der Waals surface area contributed by atoms with E-state index in [0.29, 0.717) is 23.5 Å². The molecular weight excluding hydrogens is 598 g/mol. The predicted octanol–water partition coefficient (Wildman–Crippen LogP) is -2.46. The third-order valence-electron chi connectivity index (χ3n) is 6.77. The first-order valence-corrected chi connectivity index (χ1v) is 15.4. The molecule has 43 heavy (non-hydrogen) atoms. The highest BCUT2D eigenvalue weighted by Crippen LogP contribution is 2.40. The molecule has 2 unspecified atom stereocenters. The van der Waals surface area contributed by atoms with Gasteiger partial charge in [0.15, 0.2) is 5.13 Å². The molecule has 16 nitrogen and oxygen atoms in total. The normalized spacial score (nSPS) is 18.5. The number of fused-ring (bicyclic) bond motifs is 2. The van der Waals surface area contributed by atoms with Gasteiger partial charge in [0.25, 0.3) is 11.8 Å². The van der Waals surface area contributed by atoms with Crippen molar-refractivity contribution in [3.05, 3.63) is 41.8 Å². The van der Waals surface area contributed by atoms with Crippen LogP contribution in [0.25, 0.3) is 11.2 Å². The van der Waals surface area contributed by atoms with E-state index in [1.54, 1.807) is 13.3 Å². The lowest BCUT2D eigenvalue weighted by Crippen LogP contribution is -2.71. The number of aliphatic carboxylic acids is 1. The van der Waals surface area contributed by atoms with E-state index in [1.165, 1.54) is 11.8 Å². The fourth-order valence-electron chi connectivity index (χ4n) is 4.84. The first-order valence-electron chi connectivity index (χ1n) is 13.6. The van der Waals surface area contributed by atoms with Crippen molar-refractivity contribution in [3.63, 3.8) is 0 Å². The number of imidazole rings is 1. The molecule has 5 heterocycles. The minimum atomic E-state index is -1.47. The summed E-state index contributed by atoms with van der Waals surface area (Å²) < 4.78 is 7.89. The van der Waals surface area contributed by atoms with Gasteiger partial charge < -0.3 is 41.4 Å². The van der Waals surface area contributed by atoms with Gasteiger partial charge in [0.2, 0.25) is 17.9 Å². The zero-order valence-corrected chi connectivity index (χ0v) is 24.9. The molecule has 0 aromatic carbocycles. The van der Waals surface area contributed by atoms with E-state index in [4.69, 9.17) is 16.3 Å². The van der Waals surface area contributed by atoms with Crippen molar-refractivity contribution in [1.29, 1.82) is 0 Å². The van der Waals surface area contributed by atoms with E-state index >= 15 is 0 Å².